The van der Waals surface area contributed by atoms with Crippen LogP contribution < -0.4 is 5.32 Å². The van der Waals surface area contributed by atoms with E-state index in [-0.39, 0.29) is 18.7 Å². The molecule has 0 aliphatic heterocycles. The molecule has 6 nitrogen and oxygen atoms in total. The summed E-state index contributed by atoms with van der Waals surface area (Å²) in [7, 11) is 0. The van der Waals surface area contributed by atoms with E-state index in [1.54, 1.807) is 0 Å². The fraction of sp³-hybridized carbons (Fsp3) is 0.571. The maximum absolute atomic E-state index is 12.1. The number of aromatic nitrogens is 2. The van der Waals surface area contributed by atoms with Crippen molar-refractivity contribution < 1.29 is 14.7 Å². The summed E-state index contributed by atoms with van der Waals surface area (Å²) in [6.07, 6.45) is 9.46. The normalized spacial score (nSPS) is 17.4. The summed E-state index contributed by atoms with van der Waals surface area (Å²) in [6.45, 7) is 0. The van der Waals surface area contributed by atoms with Crippen LogP contribution in [0.3, 0.4) is 0 Å². The molecule has 108 valence electrons. The van der Waals surface area contributed by atoms with Crippen molar-refractivity contribution in [3.8, 4) is 0 Å². The zero-order valence-corrected chi connectivity index (χ0v) is 11.3. The maximum atomic E-state index is 12.1. The highest BCUT2D eigenvalue weighted by atomic mass is 16.4. The second-order valence-corrected chi connectivity index (χ2v) is 5.48. The molecule has 0 unspecified atom stereocenters. The number of nitrogens with zero attached hydrogens (tertiary/aromatic N) is 2. The average Bonchev–Trinajstić information content (AvgIpc) is 2.39. The molecule has 20 heavy (non-hydrogen) atoms. The molecule has 0 bridgehead atoms. The van der Waals surface area contributed by atoms with Gasteiger partial charge >= 0.3 is 5.97 Å². The number of anilines is 1. The second kappa shape index (κ2) is 6.45. The van der Waals surface area contributed by atoms with E-state index in [0.29, 0.717) is 5.69 Å². The predicted molar refractivity (Wildman–Crippen MR) is 73.0 cm³/mol. The van der Waals surface area contributed by atoms with Crippen molar-refractivity contribution in [2.75, 3.05) is 5.32 Å². The van der Waals surface area contributed by atoms with Crippen molar-refractivity contribution in [3.63, 3.8) is 0 Å². The minimum Gasteiger partial charge on any atom is -0.481 e. The second-order valence-electron chi connectivity index (χ2n) is 5.48. The first-order valence-electron chi connectivity index (χ1n) is 6.86. The third kappa shape index (κ3) is 4.01. The number of hydrogen-bond donors (Lipinski definition) is 2. The van der Waals surface area contributed by atoms with Gasteiger partial charge in [0.05, 0.1) is 24.5 Å². The van der Waals surface area contributed by atoms with E-state index in [2.05, 4.69) is 15.3 Å². The minimum atomic E-state index is -0.831. The van der Waals surface area contributed by atoms with Gasteiger partial charge in [-0.05, 0) is 18.3 Å². The Morgan fingerprint density at radius 3 is 2.40 bits per heavy atom. The van der Waals surface area contributed by atoms with Gasteiger partial charge in [-0.15, -0.1) is 0 Å². The smallest absolute Gasteiger partial charge is 0.303 e. The Morgan fingerprint density at radius 1 is 1.15 bits per heavy atom. The molecular formula is C14H19N3O3. The number of rotatable bonds is 5. The maximum Gasteiger partial charge on any atom is 0.303 e. The molecule has 0 spiro atoms. The number of carboxylic acids is 1. The van der Waals surface area contributed by atoms with Gasteiger partial charge in [0.2, 0.25) is 5.91 Å². The highest BCUT2D eigenvalue weighted by Gasteiger charge is 2.36. The molecule has 0 aromatic carbocycles. The van der Waals surface area contributed by atoms with Crippen LogP contribution in [0.25, 0.3) is 0 Å². The van der Waals surface area contributed by atoms with Gasteiger partial charge in [0, 0.05) is 6.42 Å². The van der Waals surface area contributed by atoms with Crippen LogP contribution in [0.2, 0.25) is 0 Å². The van der Waals surface area contributed by atoms with Gasteiger partial charge in [0.25, 0.3) is 0 Å². The van der Waals surface area contributed by atoms with Crippen LogP contribution in [0.4, 0.5) is 5.69 Å². The van der Waals surface area contributed by atoms with Crippen LogP contribution >= 0.6 is 0 Å². The predicted octanol–water partition coefficient (Wildman–Crippen LogP) is 2.23. The van der Waals surface area contributed by atoms with Crippen LogP contribution in [0.5, 0.6) is 0 Å². The molecule has 0 atom stereocenters. The molecule has 1 aliphatic rings. The molecule has 1 amide bonds. The van der Waals surface area contributed by atoms with E-state index in [1.165, 1.54) is 18.7 Å². The van der Waals surface area contributed by atoms with Crippen molar-refractivity contribution in [2.45, 2.75) is 44.9 Å². The highest BCUT2D eigenvalue weighted by Crippen LogP contribution is 2.42. The lowest BCUT2D eigenvalue weighted by atomic mass is 9.69. The van der Waals surface area contributed by atoms with Gasteiger partial charge in [0.1, 0.15) is 6.33 Å². The van der Waals surface area contributed by atoms with E-state index in [9.17, 15) is 9.59 Å². The molecule has 6 heteroatoms. The summed E-state index contributed by atoms with van der Waals surface area (Å²) in [5, 5.41) is 11.8. The van der Waals surface area contributed by atoms with Gasteiger partial charge in [-0.3, -0.25) is 9.59 Å². The standard InChI is InChI=1S/C14H19N3O3/c18-12(17-11-8-15-10-16-9-11)6-14(7-13(19)20)4-2-1-3-5-14/h8-10H,1-7H2,(H,17,18)(H,19,20). The lowest BCUT2D eigenvalue weighted by molar-refractivity contribution is -0.140. The Kier molecular flexibility index (Phi) is 4.65. The number of carboxylic acid groups (broad SMARTS) is 1. The summed E-state index contributed by atoms with van der Waals surface area (Å²) in [6, 6.07) is 0. The Balaban J connectivity index is 2.00. The lowest BCUT2D eigenvalue weighted by Crippen LogP contribution is -2.32. The number of carbonyl (C=O) groups excluding carboxylic acids is 1. The van der Waals surface area contributed by atoms with Crippen LogP contribution in [0, 0.1) is 5.41 Å². The Morgan fingerprint density at radius 2 is 1.80 bits per heavy atom. The number of amides is 1. The highest BCUT2D eigenvalue weighted by molar-refractivity contribution is 5.91. The monoisotopic (exact) mass is 277 g/mol. The molecular weight excluding hydrogens is 258 g/mol. The van der Waals surface area contributed by atoms with Crippen LogP contribution in [-0.4, -0.2) is 27.0 Å². The van der Waals surface area contributed by atoms with Crippen molar-refractivity contribution in [3.05, 3.63) is 18.7 Å². The molecule has 0 radical (unpaired) electrons. The number of aliphatic carboxylic acids is 1. The molecule has 1 aliphatic carbocycles. The Bertz CT molecular complexity index is 470. The quantitative estimate of drug-likeness (QED) is 0.861. The van der Waals surface area contributed by atoms with Crippen molar-refractivity contribution >= 4 is 17.6 Å². The van der Waals surface area contributed by atoms with Crippen molar-refractivity contribution in [2.24, 2.45) is 5.41 Å². The summed E-state index contributed by atoms with van der Waals surface area (Å²) < 4.78 is 0. The van der Waals surface area contributed by atoms with E-state index in [0.717, 1.165) is 32.1 Å². The first-order chi connectivity index (χ1) is 9.60. The number of hydrogen-bond acceptors (Lipinski definition) is 4. The van der Waals surface area contributed by atoms with E-state index in [1.807, 2.05) is 0 Å². The lowest BCUT2D eigenvalue weighted by Gasteiger charge is -2.35. The number of carbonyl (C=O) groups is 2. The summed E-state index contributed by atoms with van der Waals surface area (Å²) in [5.74, 6) is -0.995. The molecule has 2 N–H and O–H groups in total. The third-order valence-corrected chi connectivity index (χ3v) is 3.82. The Hall–Kier alpha value is -1.98. The average molecular weight is 277 g/mol. The molecule has 1 aromatic heterocycles. The first-order valence-corrected chi connectivity index (χ1v) is 6.86. The van der Waals surface area contributed by atoms with E-state index < -0.39 is 11.4 Å². The van der Waals surface area contributed by atoms with Gasteiger partial charge in [-0.1, -0.05) is 19.3 Å². The van der Waals surface area contributed by atoms with Gasteiger partial charge in [-0.25, -0.2) is 9.97 Å². The number of nitrogens with one attached hydrogen (secondary N) is 1. The minimum absolute atomic E-state index is 0.0612. The molecule has 0 saturated heterocycles. The molecule has 2 rings (SSSR count). The van der Waals surface area contributed by atoms with Gasteiger partial charge in [0.15, 0.2) is 0 Å². The fourth-order valence-corrected chi connectivity index (χ4v) is 2.95. The third-order valence-electron chi connectivity index (χ3n) is 3.82. The van der Waals surface area contributed by atoms with E-state index in [4.69, 9.17) is 5.11 Å². The summed E-state index contributed by atoms with van der Waals surface area (Å²) in [5.41, 5.74) is 0.142. The van der Waals surface area contributed by atoms with Crippen LogP contribution in [0.1, 0.15) is 44.9 Å². The van der Waals surface area contributed by atoms with Crippen LogP contribution in [-0.2, 0) is 9.59 Å². The van der Waals surface area contributed by atoms with Crippen molar-refractivity contribution in [1.29, 1.82) is 0 Å². The molecule has 1 heterocycles. The Labute approximate surface area is 117 Å². The molecule has 1 saturated carbocycles. The van der Waals surface area contributed by atoms with Gasteiger partial charge in [-0.2, -0.15) is 0 Å². The van der Waals surface area contributed by atoms with Crippen LogP contribution in [0.15, 0.2) is 18.7 Å². The largest absolute Gasteiger partial charge is 0.481 e. The topological polar surface area (TPSA) is 92.2 Å². The van der Waals surface area contributed by atoms with E-state index >= 15 is 0 Å². The summed E-state index contributed by atoms with van der Waals surface area (Å²) >= 11 is 0. The first kappa shape index (κ1) is 14.4. The van der Waals surface area contributed by atoms with Gasteiger partial charge < -0.3 is 10.4 Å². The van der Waals surface area contributed by atoms with Crippen molar-refractivity contribution in [1.82, 2.24) is 9.97 Å². The fourth-order valence-electron chi connectivity index (χ4n) is 2.95. The molecule has 1 aromatic rings. The zero-order valence-electron chi connectivity index (χ0n) is 11.3. The zero-order chi connectivity index (χ0) is 14.4. The summed E-state index contributed by atoms with van der Waals surface area (Å²) in [4.78, 5) is 30.8. The SMILES string of the molecule is O=C(O)CC1(CC(=O)Nc2cncnc2)CCCCC1. The molecule has 1 fully saturated rings.